The standard InChI is InChI=1S/C16H33N3O/c1-5-9-19(12-15-7-6-8-17-11-15)14(4)16(20)18-10-13(2)3/h13-15,17H,5-12H2,1-4H3,(H,18,20). The maximum Gasteiger partial charge on any atom is 0.237 e. The summed E-state index contributed by atoms with van der Waals surface area (Å²) in [6.07, 6.45) is 3.65. The molecular formula is C16H33N3O. The van der Waals surface area contributed by atoms with Gasteiger partial charge in [-0.2, -0.15) is 0 Å². The number of carbonyl (C=O) groups is 1. The van der Waals surface area contributed by atoms with Crippen molar-refractivity contribution < 1.29 is 4.79 Å². The Kier molecular flexibility index (Phi) is 8.15. The Balaban J connectivity index is 2.47. The van der Waals surface area contributed by atoms with Crippen LogP contribution in [-0.2, 0) is 4.79 Å². The predicted octanol–water partition coefficient (Wildman–Crippen LogP) is 1.86. The van der Waals surface area contributed by atoms with Crippen molar-refractivity contribution in [3.8, 4) is 0 Å². The minimum atomic E-state index is -0.0179. The van der Waals surface area contributed by atoms with Gasteiger partial charge in [-0.05, 0) is 57.7 Å². The molecular weight excluding hydrogens is 250 g/mol. The number of nitrogens with one attached hydrogen (secondary N) is 2. The SMILES string of the molecule is CCCN(CC1CCCNC1)C(C)C(=O)NCC(C)C. The van der Waals surface area contributed by atoms with Crippen LogP contribution in [-0.4, -0.2) is 49.6 Å². The molecule has 0 aromatic rings. The smallest absolute Gasteiger partial charge is 0.237 e. The van der Waals surface area contributed by atoms with E-state index in [-0.39, 0.29) is 11.9 Å². The Morgan fingerprint density at radius 1 is 1.40 bits per heavy atom. The zero-order chi connectivity index (χ0) is 15.0. The molecule has 1 fully saturated rings. The molecule has 2 N–H and O–H groups in total. The molecule has 4 heteroatoms. The first-order valence-corrected chi connectivity index (χ1v) is 8.27. The number of hydrogen-bond acceptors (Lipinski definition) is 3. The molecule has 2 unspecified atom stereocenters. The largest absolute Gasteiger partial charge is 0.354 e. The number of amides is 1. The normalized spacial score (nSPS) is 21.2. The maximum absolute atomic E-state index is 12.2. The fourth-order valence-electron chi connectivity index (χ4n) is 2.76. The van der Waals surface area contributed by atoms with Crippen LogP contribution in [0.1, 0.15) is 47.0 Å². The maximum atomic E-state index is 12.2. The van der Waals surface area contributed by atoms with Crippen molar-refractivity contribution >= 4 is 5.91 Å². The third-order valence-corrected chi connectivity index (χ3v) is 4.01. The van der Waals surface area contributed by atoms with Crippen molar-refractivity contribution in [2.45, 2.75) is 53.0 Å². The Morgan fingerprint density at radius 3 is 2.70 bits per heavy atom. The summed E-state index contributed by atoms with van der Waals surface area (Å²) in [4.78, 5) is 14.6. The van der Waals surface area contributed by atoms with E-state index in [1.165, 1.54) is 12.8 Å². The Morgan fingerprint density at radius 2 is 2.15 bits per heavy atom. The van der Waals surface area contributed by atoms with Crippen molar-refractivity contribution in [2.75, 3.05) is 32.7 Å². The molecule has 4 nitrogen and oxygen atoms in total. The lowest BCUT2D eigenvalue weighted by Gasteiger charge is -2.33. The van der Waals surface area contributed by atoms with E-state index in [0.29, 0.717) is 11.8 Å². The van der Waals surface area contributed by atoms with E-state index in [2.05, 4.69) is 36.3 Å². The number of nitrogens with zero attached hydrogens (tertiary/aromatic N) is 1. The molecule has 0 radical (unpaired) electrons. The van der Waals surface area contributed by atoms with Gasteiger partial charge in [0.2, 0.25) is 5.91 Å². The number of piperidine rings is 1. The average Bonchev–Trinajstić information content (AvgIpc) is 2.44. The van der Waals surface area contributed by atoms with E-state index < -0.39 is 0 Å². The first kappa shape index (κ1) is 17.4. The van der Waals surface area contributed by atoms with Crippen LogP contribution < -0.4 is 10.6 Å². The van der Waals surface area contributed by atoms with Crippen LogP contribution in [0.15, 0.2) is 0 Å². The van der Waals surface area contributed by atoms with Gasteiger partial charge in [0.15, 0.2) is 0 Å². The molecule has 0 saturated carbocycles. The fourth-order valence-corrected chi connectivity index (χ4v) is 2.76. The summed E-state index contributed by atoms with van der Waals surface area (Å²) < 4.78 is 0. The van der Waals surface area contributed by atoms with Crippen LogP contribution >= 0.6 is 0 Å². The van der Waals surface area contributed by atoms with Crippen LogP contribution in [0.2, 0.25) is 0 Å². The van der Waals surface area contributed by atoms with Gasteiger partial charge in [-0.1, -0.05) is 20.8 Å². The number of hydrogen-bond donors (Lipinski definition) is 2. The predicted molar refractivity (Wildman–Crippen MR) is 84.8 cm³/mol. The van der Waals surface area contributed by atoms with Gasteiger partial charge in [-0.3, -0.25) is 9.69 Å². The quantitative estimate of drug-likeness (QED) is 0.714. The van der Waals surface area contributed by atoms with E-state index in [9.17, 15) is 4.79 Å². The zero-order valence-electron chi connectivity index (χ0n) is 13.7. The molecule has 0 aliphatic carbocycles. The van der Waals surface area contributed by atoms with Crippen molar-refractivity contribution in [3.05, 3.63) is 0 Å². The summed E-state index contributed by atoms with van der Waals surface area (Å²) in [5, 5.41) is 6.53. The molecule has 1 heterocycles. The minimum Gasteiger partial charge on any atom is -0.354 e. The van der Waals surface area contributed by atoms with Crippen LogP contribution in [0.25, 0.3) is 0 Å². The zero-order valence-corrected chi connectivity index (χ0v) is 13.7. The van der Waals surface area contributed by atoms with Gasteiger partial charge in [-0.25, -0.2) is 0 Å². The molecule has 0 aromatic heterocycles. The minimum absolute atomic E-state index is 0.0179. The van der Waals surface area contributed by atoms with Gasteiger partial charge < -0.3 is 10.6 Å². The van der Waals surface area contributed by atoms with Gasteiger partial charge in [-0.15, -0.1) is 0 Å². The van der Waals surface area contributed by atoms with E-state index in [4.69, 9.17) is 0 Å². The lowest BCUT2D eigenvalue weighted by atomic mass is 9.98. The molecule has 1 saturated heterocycles. The Labute approximate surface area is 124 Å². The van der Waals surface area contributed by atoms with Crippen molar-refractivity contribution in [3.63, 3.8) is 0 Å². The molecule has 0 spiro atoms. The second kappa shape index (κ2) is 9.35. The highest BCUT2D eigenvalue weighted by molar-refractivity contribution is 5.81. The van der Waals surface area contributed by atoms with Gasteiger partial charge >= 0.3 is 0 Å². The van der Waals surface area contributed by atoms with E-state index >= 15 is 0 Å². The van der Waals surface area contributed by atoms with Gasteiger partial charge in [0.05, 0.1) is 6.04 Å². The molecule has 1 amide bonds. The fraction of sp³-hybridized carbons (Fsp3) is 0.938. The highest BCUT2D eigenvalue weighted by atomic mass is 16.2. The van der Waals surface area contributed by atoms with Crippen LogP contribution in [0.5, 0.6) is 0 Å². The molecule has 118 valence electrons. The average molecular weight is 283 g/mol. The number of rotatable bonds is 8. The monoisotopic (exact) mass is 283 g/mol. The molecule has 0 bridgehead atoms. The summed E-state index contributed by atoms with van der Waals surface area (Å²) in [6.45, 7) is 13.5. The second-order valence-electron chi connectivity index (χ2n) is 6.52. The molecule has 1 aliphatic rings. The first-order valence-electron chi connectivity index (χ1n) is 8.27. The molecule has 0 aromatic carbocycles. The first-order chi connectivity index (χ1) is 9.54. The van der Waals surface area contributed by atoms with E-state index in [1.54, 1.807) is 0 Å². The van der Waals surface area contributed by atoms with Crippen LogP contribution in [0.3, 0.4) is 0 Å². The molecule has 2 atom stereocenters. The van der Waals surface area contributed by atoms with Gasteiger partial charge in [0, 0.05) is 13.1 Å². The molecule has 1 aliphatic heterocycles. The highest BCUT2D eigenvalue weighted by Crippen LogP contribution is 2.14. The van der Waals surface area contributed by atoms with E-state index in [0.717, 1.165) is 39.1 Å². The van der Waals surface area contributed by atoms with Crippen molar-refractivity contribution in [1.29, 1.82) is 0 Å². The lowest BCUT2D eigenvalue weighted by molar-refractivity contribution is -0.126. The van der Waals surface area contributed by atoms with E-state index in [1.807, 2.05) is 6.92 Å². The second-order valence-corrected chi connectivity index (χ2v) is 6.52. The summed E-state index contributed by atoms with van der Waals surface area (Å²) in [5.41, 5.74) is 0. The van der Waals surface area contributed by atoms with Crippen LogP contribution in [0.4, 0.5) is 0 Å². The van der Waals surface area contributed by atoms with Gasteiger partial charge in [0.1, 0.15) is 0 Å². The van der Waals surface area contributed by atoms with Crippen molar-refractivity contribution in [1.82, 2.24) is 15.5 Å². The highest BCUT2D eigenvalue weighted by Gasteiger charge is 2.24. The topological polar surface area (TPSA) is 44.4 Å². The third-order valence-electron chi connectivity index (χ3n) is 4.01. The Bertz CT molecular complexity index is 275. The summed E-state index contributed by atoms with van der Waals surface area (Å²) in [5.74, 6) is 1.37. The lowest BCUT2D eigenvalue weighted by Crippen LogP contribution is -2.49. The third kappa shape index (κ3) is 6.23. The molecule has 1 rings (SSSR count). The summed E-state index contributed by atoms with van der Waals surface area (Å²) in [7, 11) is 0. The van der Waals surface area contributed by atoms with Gasteiger partial charge in [0.25, 0.3) is 0 Å². The molecule has 20 heavy (non-hydrogen) atoms. The van der Waals surface area contributed by atoms with Crippen LogP contribution in [0, 0.1) is 11.8 Å². The van der Waals surface area contributed by atoms with Crippen molar-refractivity contribution in [2.24, 2.45) is 11.8 Å². The summed E-state index contributed by atoms with van der Waals surface area (Å²) in [6, 6.07) is -0.0179. The Hall–Kier alpha value is -0.610. The number of carbonyl (C=O) groups excluding carboxylic acids is 1. The summed E-state index contributed by atoms with van der Waals surface area (Å²) >= 11 is 0.